The summed E-state index contributed by atoms with van der Waals surface area (Å²) < 4.78 is 31.6. The van der Waals surface area contributed by atoms with Crippen LogP contribution in [0.5, 0.6) is 0 Å². The molecule has 1 aromatic carbocycles. The molecule has 0 radical (unpaired) electrons. The molecule has 20 heavy (non-hydrogen) atoms. The quantitative estimate of drug-likeness (QED) is 0.480. The highest BCUT2D eigenvalue weighted by molar-refractivity contribution is 6.17. The van der Waals surface area contributed by atoms with Gasteiger partial charge in [0.05, 0.1) is 22.7 Å². The number of alkyl halides is 1. The number of benzene rings is 1. The minimum atomic E-state index is -1.29. The molecular weight excluding hydrogens is 294 g/mol. The van der Waals surface area contributed by atoms with Crippen LogP contribution in [0.2, 0.25) is 0 Å². The third kappa shape index (κ3) is 2.93. The lowest BCUT2D eigenvalue weighted by molar-refractivity contribution is -0.384. The van der Waals surface area contributed by atoms with Crippen molar-refractivity contribution in [2.45, 2.75) is 12.8 Å². The lowest BCUT2D eigenvalue weighted by Crippen LogP contribution is -1.95. The highest BCUT2D eigenvalue weighted by Crippen LogP contribution is 2.32. The van der Waals surface area contributed by atoms with Crippen molar-refractivity contribution in [2.24, 2.45) is 0 Å². The van der Waals surface area contributed by atoms with E-state index in [-0.39, 0.29) is 11.3 Å². The zero-order valence-electron chi connectivity index (χ0n) is 10.1. The monoisotopic (exact) mass is 302 g/mol. The van der Waals surface area contributed by atoms with Crippen LogP contribution in [0.1, 0.15) is 12.3 Å². The van der Waals surface area contributed by atoms with Gasteiger partial charge in [-0.3, -0.25) is 10.1 Å². The van der Waals surface area contributed by atoms with E-state index >= 15 is 0 Å². The lowest BCUT2D eigenvalue weighted by Gasteiger charge is -2.00. The van der Waals surface area contributed by atoms with Crippen molar-refractivity contribution in [1.82, 2.24) is 4.98 Å². The molecule has 0 aliphatic carbocycles. The summed E-state index contributed by atoms with van der Waals surface area (Å²) in [5.74, 6) is -1.71. The maximum Gasteiger partial charge on any atom is 0.283 e. The molecule has 0 unspecified atom stereocenters. The topological polar surface area (TPSA) is 69.2 Å². The van der Waals surface area contributed by atoms with Crippen molar-refractivity contribution in [1.29, 1.82) is 0 Å². The molecule has 0 N–H and O–H groups in total. The number of aryl methyl sites for hydroxylation is 1. The Balaban J connectivity index is 2.43. The Morgan fingerprint density at radius 1 is 1.35 bits per heavy atom. The summed E-state index contributed by atoms with van der Waals surface area (Å²) in [4.78, 5) is 14.0. The van der Waals surface area contributed by atoms with Gasteiger partial charge in [-0.1, -0.05) is 0 Å². The van der Waals surface area contributed by atoms with Crippen LogP contribution in [0.25, 0.3) is 11.3 Å². The molecule has 0 aliphatic rings. The van der Waals surface area contributed by atoms with Crippen molar-refractivity contribution in [3.63, 3.8) is 0 Å². The van der Waals surface area contributed by atoms with Crippen molar-refractivity contribution in [3.05, 3.63) is 46.0 Å². The molecule has 0 spiro atoms. The first kappa shape index (κ1) is 14.4. The second-order valence-corrected chi connectivity index (χ2v) is 4.33. The fourth-order valence-corrected chi connectivity index (χ4v) is 1.79. The zero-order valence-corrected chi connectivity index (χ0v) is 10.9. The van der Waals surface area contributed by atoms with Gasteiger partial charge in [-0.2, -0.15) is 0 Å². The molecule has 1 aromatic heterocycles. The molecule has 1 heterocycles. The fraction of sp³-hybridized carbons (Fsp3) is 0.250. The first-order valence-electron chi connectivity index (χ1n) is 5.67. The van der Waals surface area contributed by atoms with Gasteiger partial charge in [-0.05, 0) is 12.5 Å². The Bertz CT molecular complexity index is 646. The second-order valence-electron chi connectivity index (χ2n) is 3.95. The number of rotatable bonds is 5. The Morgan fingerprint density at radius 2 is 2.05 bits per heavy atom. The summed E-state index contributed by atoms with van der Waals surface area (Å²) in [6, 6.07) is 1.24. The van der Waals surface area contributed by atoms with Gasteiger partial charge in [-0.15, -0.1) is 11.6 Å². The summed E-state index contributed by atoms with van der Waals surface area (Å²) in [5, 5.41) is 10.9. The van der Waals surface area contributed by atoms with Crippen LogP contribution in [0.3, 0.4) is 0 Å². The molecule has 106 valence electrons. The molecule has 0 amide bonds. The molecule has 0 atom stereocenters. The van der Waals surface area contributed by atoms with E-state index < -0.39 is 22.2 Å². The van der Waals surface area contributed by atoms with Crippen LogP contribution in [0, 0.1) is 21.7 Å². The number of hydrogen-bond donors (Lipinski definition) is 0. The van der Waals surface area contributed by atoms with E-state index in [1.54, 1.807) is 0 Å². The highest BCUT2D eigenvalue weighted by Gasteiger charge is 2.22. The van der Waals surface area contributed by atoms with Gasteiger partial charge in [0.1, 0.15) is 0 Å². The lowest BCUT2D eigenvalue weighted by atomic mass is 10.1. The molecule has 2 aromatic rings. The third-order valence-electron chi connectivity index (χ3n) is 2.58. The molecule has 0 fully saturated rings. The van der Waals surface area contributed by atoms with E-state index in [2.05, 4.69) is 4.98 Å². The summed E-state index contributed by atoms with van der Waals surface area (Å²) in [6.45, 7) is 0. The number of nitrogens with zero attached hydrogens (tertiary/aromatic N) is 2. The minimum Gasteiger partial charge on any atom is -0.440 e. The summed E-state index contributed by atoms with van der Waals surface area (Å²) in [5.41, 5.74) is -0.734. The van der Waals surface area contributed by atoms with E-state index in [1.165, 1.54) is 6.20 Å². The van der Waals surface area contributed by atoms with E-state index in [0.29, 0.717) is 30.7 Å². The smallest absolute Gasteiger partial charge is 0.283 e. The van der Waals surface area contributed by atoms with Crippen molar-refractivity contribution >= 4 is 17.3 Å². The van der Waals surface area contributed by atoms with Gasteiger partial charge in [0.25, 0.3) is 5.69 Å². The Hall–Kier alpha value is -2.02. The second kappa shape index (κ2) is 5.96. The fourth-order valence-electron chi connectivity index (χ4n) is 1.65. The average Bonchev–Trinajstić information content (AvgIpc) is 2.87. The first-order valence-corrected chi connectivity index (χ1v) is 6.21. The van der Waals surface area contributed by atoms with Gasteiger partial charge in [0, 0.05) is 12.3 Å². The number of halogens is 3. The number of oxazole rings is 1. The molecule has 0 saturated carbocycles. The Kier molecular flexibility index (Phi) is 4.29. The average molecular weight is 303 g/mol. The molecule has 2 rings (SSSR count). The summed E-state index contributed by atoms with van der Waals surface area (Å²) in [6.07, 6.45) is 2.32. The van der Waals surface area contributed by atoms with Crippen LogP contribution < -0.4 is 0 Å². The summed E-state index contributed by atoms with van der Waals surface area (Å²) in [7, 11) is 0. The molecule has 5 nitrogen and oxygen atoms in total. The van der Waals surface area contributed by atoms with E-state index in [4.69, 9.17) is 16.0 Å². The van der Waals surface area contributed by atoms with Crippen LogP contribution in [0.4, 0.5) is 14.5 Å². The number of hydrogen-bond acceptors (Lipinski definition) is 4. The summed E-state index contributed by atoms with van der Waals surface area (Å²) >= 11 is 5.53. The minimum absolute atomic E-state index is 0.0140. The third-order valence-corrected chi connectivity index (χ3v) is 2.85. The van der Waals surface area contributed by atoms with E-state index in [0.717, 1.165) is 6.07 Å². The number of aromatic nitrogens is 1. The van der Waals surface area contributed by atoms with Crippen molar-refractivity contribution in [3.8, 4) is 11.3 Å². The zero-order chi connectivity index (χ0) is 14.7. The van der Waals surface area contributed by atoms with Gasteiger partial charge < -0.3 is 4.42 Å². The van der Waals surface area contributed by atoms with Gasteiger partial charge in [-0.25, -0.2) is 13.8 Å². The van der Waals surface area contributed by atoms with Gasteiger partial charge in [0.15, 0.2) is 23.3 Å². The first-order chi connectivity index (χ1) is 9.52. The van der Waals surface area contributed by atoms with Gasteiger partial charge >= 0.3 is 0 Å². The molecule has 0 bridgehead atoms. The molecule has 8 heteroatoms. The van der Waals surface area contributed by atoms with Crippen molar-refractivity contribution in [2.75, 3.05) is 5.88 Å². The standard InChI is InChI=1S/C12H9ClF2N2O3/c13-3-1-2-12-16-6-11(20-12)7-4-8(14)9(15)5-10(7)17(18)19/h4-6H,1-3H2. The largest absolute Gasteiger partial charge is 0.440 e. The molecular formula is C12H9ClF2N2O3. The van der Waals surface area contributed by atoms with Gasteiger partial charge in [0.2, 0.25) is 0 Å². The van der Waals surface area contributed by atoms with Crippen molar-refractivity contribution < 1.29 is 18.1 Å². The predicted molar refractivity (Wildman–Crippen MR) is 67.6 cm³/mol. The van der Waals surface area contributed by atoms with Crippen LogP contribution in [0.15, 0.2) is 22.7 Å². The van der Waals surface area contributed by atoms with Crippen LogP contribution in [-0.4, -0.2) is 15.8 Å². The Labute approximate surface area is 117 Å². The van der Waals surface area contributed by atoms with Crippen LogP contribution in [-0.2, 0) is 6.42 Å². The SMILES string of the molecule is O=[N+]([O-])c1cc(F)c(F)cc1-c1cnc(CCCCl)o1. The number of nitro groups is 1. The normalized spacial score (nSPS) is 10.8. The highest BCUT2D eigenvalue weighted by atomic mass is 35.5. The Morgan fingerprint density at radius 3 is 2.70 bits per heavy atom. The maximum atomic E-state index is 13.2. The molecule has 0 aliphatic heterocycles. The van der Waals surface area contributed by atoms with E-state index in [1.807, 2.05) is 0 Å². The maximum absolute atomic E-state index is 13.2. The molecule has 0 saturated heterocycles. The number of nitro benzene ring substituents is 1. The van der Waals surface area contributed by atoms with E-state index in [9.17, 15) is 18.9 Å². The van der Waals surface area contributed by atoms with Crippen LogP contribution >= 0.6 is 11.6 Å². The predicted octanol–water partition coefficient (Wildman–Crippen LogP) is 3.70.